The molecule has 0 fully saturated rings. The third kappa shape index (κ3) is 4.17. The van der Waals surface area contributed by atoms with E-state index in [1.807, 2.05) is 0 Å². The van der Waals surface area contributed by atoms with Crippen molar-refractivity contribution >= 4 is 22.1 Å². The van der Waals surface area contributed by atoms with E-state index in [9.17, 15) is 13.5 Å². The molecule has 0 saturated carbocycles. The zero-order chi connectivity index (χ0) is 21.0. The molecule has 10 heteroatoms. The van der Waals surface area contributed by atoms with Gasteiger partial charge in [0.2, 0.25) is 0 Å². The van der Waals surface area contributed by atoms with Crippen molar-refractivity contribution in [3.05, 3.63) is 47.5 Å². The summed E-state index contributed by atoms with van der Waals surface area (Å²) in [5.41, 5.74) is 1.05. The number of phenols is 1. The Morgan fingerprint density at radius 3 is 2.59 bits per heavy atom. The molecule has 1 N–H and O–H groups in total. The number of hydrogen-bond acceptors (Lipinski definition) is 8. The molecule has 29 heavy (non-hydrogen) atoms. The second kappa shape index (κ2) is 8.50. The first kappa shape index (κ1) is 20.6. The normalized spacial score (nSPS) is 14.5. The molecular formula is C19H21N3O6S. The minimum absolute atomic E-state index is 0.00757. The highest BCUT2D eigenvalue weighted by Crippen LogP contribution is 2.35. The fourth-order valence-corrected chi connectivity index (χ4v) is 4.17. The van der Waals surface area contributed by atoms with Gasteiger partial charge < -0.3 is 19.3 Å². The number of fused-ring (bicyclic) bond motifs is 1. The van der Waals surface area contributed by atoms with Crippen LogP contribution < -0.4 is 9.47 Å². The maximum Gasteiger partial charge on any atom is 0.288 e. The van der Waals surface area contributed by atoms with E-state index in [2.05, 4.69) is 9.50 Å². The van der Waals surface area contributed by atoms with E-state index in [0.29, 0.717) is 23.5 Å². The standard InChI is InChI=1S/C19H21N3O6S/c1-26-10-9-22(20-12-13-7-8-15(23)17(11-13)28-3)19-14-5-4-6-16(27-2)18(14)29(24,25)21-19/h4-8,11-12,23H,9-10H2,1-3H3/b20-12+. The first-order valence-electron chi connectivity index (χ1n) is 8.61. The minimum atomic E-state index is -3.91. The number of amidine groups is 1. The van der Waals surface area contributed by atoms with Gasteiger partial charge in [-0.1, -0.05) is 6.07 Å². The highest BCUT2D eigenvalue weighted by Gasteiger charge is 2.35. The fourth-order valence-electron chi connectivity index (χ4n) is 2.82. The van der Waals surface area contributed by atoms with Crippen LogP contribution in [0.1, 0.15) is 11.1 Å². The van der Waals surface area contributed by atoms with Gasteiger partial charge in [-0.3, -0.25) is 0 Å². The Bertz CT molecular complexity index is 1070. The smallest absolute Gasteiger partial charge is 0.288 e. The van der Waals surface area contributed by atoms with E-state index in [0.717, 1.165) is 0 Å². The number of rotatable bonds is 7. The average molecular weight is 419 g/mol. The predicted octanol–water partition coefficient (Wildman–Crippen LogP) is 1.84. The summed E-state index contributed by atoms with van der Waals surface area (Å²) in [6.45, 7) is 0.571. The minimum Gasteiger partial charge on any atom is -0.504 e. The summed E-state index contributed by atoms with van der Waals surface area (Å²) in [5.74, 6) is 0.708. The first-order valence-corrected chi connectivity index (χ1v) is 10.0. The molecule has 0 bridgehead atoms. The molecule has 0 amide bonds. The highest BCUT2D eigenvalue weighted by atomic mass is 32.2. The number of ether oxygens (including phenoxy) is 3. The summed E-state index contributed by atoms with van der Waals surface area (Å²) in [4.78, 5) is 0.0152. The summed E-state index contributed by atoms with van der Waals surface area (Å²) in [6, 6.07) is 9.66. The van der Waals surface area contributed by atoms with Crippen molar-refractivity contribution in [1.82, 2.24) is 5.01 Å². The zero-order valence-corrected chi connectivity index (χ0v) is 17.0. The fraction of sp³-hybridized carbons (Fsp3) is 0.263. The molecule has 0 aliphatic carbocycles. The molecule has 0 saturated heterocycles. The van der Waals surface area contributed by atoms with Crippen LogP contribution in [0.2, 0.25) is 0 Å². The Morgan fingerprint density at radius 2 is 1.90 bits per heavy atom. The lowest BCUT2D eigenvalue weighted by Gasteiger charge is -2.18. The van der Waals surface area contributed by atoms with Gasteiger partial charge in [0.15, 0.2) is 17.3 Å². The van der Waals surface area contributed by atoms with E-state index in [-0.39, 0.29) is 28.8 Å². The van der Waals surface area contributed by atoms with Gasteiger partial charge in [-0.2, -0.15) is 13.5 Å². The van der Waals surface area contributed by atoms with E-state index < -0.39 is 10.0 Å². The van der Waals surface area contributed by atoms with Gasteiger partial charge in [0.25, 0.3) is 10.0 Å². The molecule has 0 spiro atoms. The van der Waals surface area contributed by atoms with Gasteiger partial charge >= 0.3 is 0 Å². The topological polar surface area (TPSA) is 110 Å². The number of phenolic OH excluding ortho intramolecular Hbond substituents is 1. The highest BCUT2D eigenvalue weighted by molar-refractivity contribution is 7.90. The quantitative estimate of drug-likeness (QED) is 0.539. The Morgan fingerprint density at radius 1 is 1.14 bits per heavy atom. The number of sulfonamides is 1. The maximum atomic E-state index is 12.6. The molecule has 1 heterocycles. The number of methoxy groups -OCH3 is 3. The number of aromatic hydroxyl groups is 1. The maximum absolute atomic E-state index is 12.6. The van der Waals surface area contributed by atoms with E-state index in [4.69, 9.17) is 14.2 Å². The second-order valence-corrected chi connectivity index (χ2v) is 7.56. The van der Waals surface area contributed by atoms with Gasteiger partial charge in [0, 0.05) is 12.7 Å². The van der Waals surface area contributed by atoms with Gasteiger partial charge in [-0.25, -0.2) is 5.01 Å². The Labute approximate surface area is 168 Å². The van der Waals surface area contributed by atoms with Gasteiger partial charge in [0.1, 0.15) is 10.6 Å². The van der Waals surface area contributed by atoms with Gasteiger partial charge in [-0.15, -0.1) is 4.40 Å². The molecular weight excluding hydrogens is 398 g/mol. The summed E-state index contributed by atoms with van der Waals surface area (Å²) >= 11 is 0. The molecule has 2 aromatic rings. The SMILES string of the molecule is COCCN(/N=C/c1ccc(O)c(OC)c1)C1=NS(=O)(=O)c2c(OC)cccc21. The summed E-state index contributed by atoms with van der Waals surface area (Å²) < 4.78 is 44.5. The molecule has 154 valence electrons. The van der Waals surface area contributed by atoms with Crippen molar-refractivity contribution < 1.29 is 27.7 Å². The largest absolute Gasteiger partial charge is 0.504 e. The van der Waals surface area contributed by atoms with Crippen molar-refractivity contribution in [1.29, 1.82) is 0 Å². The monoisotopic (exact) mass is 419 g/mol. The first-order chi connectivity index (χ1) is 13.9. The van der Waals surface area contributed by atoms with Gasteiger partial charge in [0.05, 0.1) is 33.6 Å². The molecule has 1 aliphatic heterocycles. The van der Waals surface area contributed by atoms with Crippen LogP contribution in [-0.4, -0.2) is 65.1 Å². The van der Waals surface area contributed by atoms with E-state index in [1.165, 1.54) is 38.6 Å². The zero-order valence-electron chi connectivity index (χ0n) is 16.2. The van der Waals surface area contributed by atoms with Crippen LogP contribution in [0, 0.1) is 0 Å². The molecule has 1 aliphatic rings. The number of nitrogens with zero attached hydrogens (tertiary/aromatic N) is 3. The Kier molecular flexibility index (Phi) is 6.04. The average Bonchev–Trinajstić information content (AvgIpc) is 3.00. The van der Waals surface area contributed by atoms with Crippen LogP contribution in [0.4, 0.5) is 0 Å². The van der Waals surface area contributed by atoms with Crippen LogP contribution >= 0.6 is 0 Å². The summed E-state index contributed by atoms with van der Waals surface area (Å²) in [5, 5.41) is 15.6. The van der Waals surface area contributed by atoms with Crippen LogP contribution in [0.15, 0.2) is 50.8 Å². The van der Waals surface area contributed by atoms with Crippen molar-refractivity contribution in [3.63, 3.8) is 0 Å². The van der Waals surface area contributed by atoms with Crippen molar-refractivity contribution in [2.75, 3.05) is 34.5 Å². The van der Waals surface area contributed by atoms with Crippen molar-refractivity contribution in [2.24, 2.45) is 9.50 Å². The number of benzene rings is 2. The third-order valence-corrected chi connectivity index (χ3v) is 5.56. The van der Waals surface area contributed by atoms with Crippen LogP contribution in [0.5, 0.6) is 17.2 Å². The van der Waals surface area contributed by atoms with Crippen LogP contribution in [0.25, 0.3) is 0 Å². The van der Waals surface area contributed by atoms with Crippen LogP contribution in [-0.2, 0) is 14.8 Å². The Balaban J connectivity index is 2.01. The number of hydrogen-bond donors (Lipinski definition) is 1. The van der Waals surface area contributed by atoms with E-state index in [1.54, 1.807) is 30.3 Å². The van der Waals surface area contributed by atoms with Crippen molar-refractivity contribution in [3.8, 4) is 17.2 Å². The van der Waals surface area contributed by atoms with Crippen molar-refractivity contribution in [2.45, 2.75) is 4.90 Å². The summed E-state index contributed by atoms with van der Waals surface area (Å²) in [7, 11) is 0.478. The lowest BCUT2D eigenvalue weighted by molar-refractivity contribution is 0.178. The summed E-state index contributed by atoms with van der Waals surface area (Å²) in [6.07, 6.45) is 1.52. The second-order valence-electron chi connectivity index (χ2n) is 6.02. The molecule has 3 rings (SSSR count). The molecule has 0 atom stereocenters. The van der Waals surface area contributed by atoms with E-state index >= 15 is 0 Å². The molecule has 2 aromatic carbocycles. The molecule has 0 unspecified atom stereocenters. The molecule has 9 nitrogen and oxygen atoms in total. The van der Waals surface area contributed by atoms with Crippen LogP contribution in [0.3, 0.4) is 0 Å². The Hall–Kier alpha value is -3.11. The molecule has 0 aromatic heterocycles. The lowest BCUT2D eigenvalue weighted by Crippen LogP contribution is -2.29. The molecule has 0 radical (unpaired) electrons. The number of hydrazone groups is 1. The third-order valence-electron chi connectivity index (χ3n) is 4.21. The lowest BCUT2D eigenvalue weighted by atomic mass is 10.2. The van der Waals surface area contributed by atoms with Gasteiger partial charge in [-0.05, 0) is 35.9 Å². The predicted molar refractivity (Wildman–Crippen MR) is 108 cm³/mol.